The number of hydrogen-bond donors (Lipinski definition) is 0. The lowest BCUT2D eigenvalue weighted by Gasteiger charge is -2.55. The topological polar surface area (TPSA) is 9.23 Å². The van der Waals surface area contributed by atoms with Gasteiger partial charge < -0.3 is 4.74 Å². The van der Waals surface area contributed by atoms with Gasteiger partial charge in [0.15, 0.2) is 0 Å². The van der Waals surface area contributed by atoms with E-state index in [2.05, 4.69) is 6.08 Å². The molecule has 1 heterocycles. The van der Waals surface area contributed by atoms with Gasteiger partial charge in [0.05, 0.1) is 11.7 Å². The zero-order chi connectivity index (χ0) is 12.7. The summed E-state index contributed by atoms with van der Waals surface area (Å²) < 4.78 is 6.85. The van der Waals surface area contributed by atoms with Crippen LogP contribution in [-0.4, -0.2) is 11.7 Å². The van der Waals surface area contributed by atoms with E-state index in [1.54, 1.807) is 0 Å². The van der Waals surface area contributed by atoms with Gasteiger partial charge in [0.25, 0.3) is 0 Å². The highest BCUT2D eigenvalue weighted by Crippen LogP contribution is 2.54. The van der Waals surface area contributed by atoms with Gasteiger partial charge in [-0.25, -0.2) is 0 Å². The van der Waals surface area contributed by atoms with E-state index in [1.807, 2.05) is 5.57 Å². The maximum absolute atomic E-state index is 6.85. The third-order valence-electron chi connectivity index (χ3n) is 6.33. The zero-order valence-corrected chi connectivity index (χ0v) is 12.2. The normalized spacial score (nSPS) is 41.3. The van der Waals surface area contributed by atoms with E-state index < -0.39 is 0 Å². The lowest BCUT2D eigenvalue weighted by molar-refractivity contribution is -0.188. The summed E-state index contributed by atoms with van der Waals surface area (Å²) in [6.07, 6.45) is 19.9. The van der Waals surface area contributed by atoms with E-state index in [4.69, 9.17) is 4.74 Å². The minimum absolute atomic E-state index is 0.267. The van der Waals surface area contributed by atoms with Gasteiger partial charge in [-0.15, -0.1) is 0 Å². The Kier molecular flexibility index (Phi) is 3.22. The Labute approximate surface area is 117 Å². The zero-order valence-electron chi connectivity index (χ0n) is 12.2. The Morgan fingerprint density at radius 2 is 1.74 bits per heavy atom. The summed E-state index contributed by atoms with van der Waals surface area (Å²) in [7, 11) is 0. The smallest absolute Gasteiger partial charge is 0.0751 e. The molecule has 0 aromatic rings. The van der Waals surface area contributed by atoms with Crippen molar-refractivity contribution in [3.05, 3.63) is 11.6 Å². The average Bonchev–Trinajstić information content (AvgIpc) is 2.49. The molecule has 19 heavy (non-hydrogen) atoms. The van der Waals surface area contributed by atoms with Crippen molar-refractivity contribution in [3.8, 4) is 0 Å². The van der Waals surface area contributed by atoms with Crippen LogP contribution in [0.15, 0.2) is 11.6 Å². The van der Waals surface area contributed by atoms with Crippen LogP contribution in [0.25, 0.3) is 0 Å². The van der Waals surface area contributed by atoms with Gasteiger partial charge >= 0.3 is 0 Å². The van der Waals surface area contributed by atoms with Gasteiger partial charge in [-0.2, -0.15) is 0 Å². The first-order chi connectivity index (χ1) is 9.39. The molecule has 0 aromatic heterocycles. The molecular weight excluding hydrogens is 232 g/mol. The van der Waals surface area contributed by atoms with Crippen molar-refractivity contribution < 1.29 is 4.74 Å². The molecule has 1 aliphatic heterocycles. The molecule has 0 aromatic carbocycles. The lowest BCUT2D eigenvalue weighted by atomic mass is 9.61. The van der Waals surface area contributed by atoms with E-state index in [0.717, 1.165) is 11.8 Å². The molecule has 3 aliphatic carbocycles. The van der Waals surface area contributed by atoms with Gasteiger partial charge in [-0.1, -0.05) is 43.8 Å². The molecule has 1 heteroatoms. The minimum atomic E-state index is 0.267. The summed E-state index contributed by atoms with van der Waals surface area (Å²) in [5.74, 6) is 1.59. The molecule has 0 amide bonds. The number of ether oxygens (including phenoxy) is 1. The SMILES string of the molecule is C1=C2C3CCCCC3OC3(CCCCC3)C2CCC1. The molecule has 3 fully saturated rings. The average molecular weight is 260 g/mol. The Morgan fingerprint density at radius 1 is 0.895 bits per heavy atom. The Bertz CT molecular complexity index is 364. The van der Waals surface area contributed by atoms with Crippen molar-refractivity contribution >= 4 is 0 Å². The van der Waals surface area contributed by atoms with Gasteiger partial charge in [0.2, 0.25) is 0 Å². The van der Waals surface area contributed by atoms with E-state index in [0.29, 0.717) is 6.10 Å². The first kappa shape index (κ1) is 12.4. The highest BCUT2D eigenvalue weighted by molar-refractivity contribution is 5.24. The Balaban J connectivity index is 1.69. The van der Waals surface area contributed by atoms with Crippen LogP contribution in [0.1, 0.15) is 77.0 Å². The van der Waals surface area contributed by atoms with Crippen molar-refractivity contribution in [2.24, 2.45) is 11.8 Å². The summed E-state index contributed by atoms with van der Waals surface area (Å²) in [4.78, 5) is 0. The summed E-state index contributed by atoms with van der Waals surface area (Å²) in [5, 5.41) is 0. The number of allylic oxidation sites excluding steroid dienone is 1. The van der Waals surface area contributed by atoms with Crippen LogP contribution in [0, 0.1) is 11.8 Å². The molecule has 4 aliphatic rings. The fraction of sp³-hybridized carbons (Fsp3) is 0.889. The number of hydrogen-bond acceptors (Lipinski definition) is 1. The van der Waals surface area contributed by atoms with E-state index in [1.165, 1.54) is 77.0 Å². The summed E-state index contributed by atoms with van der Waals surface area (Å²) in [6, 6.07) is 0. The second-order valence-corrected chi connectivity index (χ2v) is 7.36. The molecule has 1 nitrogen and oxygen atoms in total. The monoisotopic (exact) mass is 260 g/mol. The van der Waals surface area contributed by atoms with Crippen molar-refractivity contribution in [2.75, 3.05) is 0 Å². The molecule has 3 atom stereocenters. The molecule has 0 bridgehead atoms. The van der Waals surface area contributed by atoms with Gasteiger partial charge in [-0.3, -0.25) is 0 Å². The first-order valence-corrected chi connectivity index (χ1v) is 8.77. The molecule has 106 valence electrons. The number of rotatable bonds is 0. The van der Waals surface area contributed by atoms with Gasteiger partial charge in [0, 0.05) is 11.8 Å². The molecule has 2 saturated carbocycles. The van der Waals surface area contributed by atoms with Crippen LogP contribution >= 0.6 is 0 Å². The first-order valence-electron chi connectivity index (χ1n) is 8.77. The molecule has 4 rings (SSSR count). The summed E-state index contributed by atoms with van der Waals surface area (Å²) in [6.45, 7) is 0. The van der Waals surface area contributed by atoms with Crippen LogP contribution in [-0.2, 0) is 4.74 Å². The van der Waals surface area contributed by atoms with Crippen molar-refractivity contribution in [1.82, 2.24) is 0 Å². The molecule has 3 unspecified atom stereocenters. The van der Waals surface area contributed by atoms with Crippen LogP contribution in [0.2, 0.25) is 0 Å². The second kappa shape index (κ2) is 4.91. The fourth-order valence-electron chi connectivity index (χ4n) is 5.50. The standard InChI is InChI=1S/C18H28O/c1-6-12-18(13-7-1)16-10-4-2-8-14(16)15-9-3-5-11-17(15)19-18/h8,15-17H,1-7,9-13H2. The predicted molar refractivity (Wildman–Crippen MR) is 78.1 cm³/mol. The largest absolute Gasteiger partial charge is 0.371 e. The fourth-order valence-corrected chi connectivity index (χ4v) is 5.50. The molecule has 1 spiro atoms. The maximum Gasteiger partial charge on any atom is 0.0751 e. The second-order valence-electron chi connectivity index (χ2n) is 7.36. The van der Waals surface area contributed by atoms with E-state index in [-0.39, 0.29) is 5.60 Å². The van der Waals surface area contributed by atoms with Crippen LogP contribution in [0.3, 0.4) is 0 Å². The Morgan fingerprint density at radius 3 is 2.63 bits per heavy atom. The molecule has 0 N–H and O–H groups in total. The van der Waals surface area contributed by atoms with Crippen LogP contribution in [0.5, 0.6) is 0 Å². The Hall–Kier alpha value is -0.300. The third kappa shape index (κ3) is 2.00. The summed E-state index contributed by atoms with van der Waals surface area (Å²) >= 11 is 0. The van der Waals surface area contributed by atoms with E-state index in [9.17, 15) is 0 Å². The molecular formula is C18H28O. The predicted octanol–water partition coefficient (Wildman–Crippen LogP) is 5.00. The highest BCUT2D eigenvalue weighted by Gasteiger charge is 2.51. The molecule has 1 saturated heterocycles. The van der Waals surface area contributed by atoms with Crippen molar-refractivity contribution in [2.45, 2.75) is 88.8 Å². The molecule has 0 radical (unpaired) electrons. The maximum atomic E-state index is 6.85. The quantitative estimate of drug-likeness (QED) is 0.557. The minimum Gasteiger partial charge on any atom is -0.371 e. The van der Waals surface area contributed by atoms with E-state index >= 15 is 0 Å². The van der Waals surface area contributed by atoms with Gasteiger partial charge in [0.1, 0.15) is 0 Å². The highest BCUT2D eigenvalue weighted by atomic mass is 16.5. The van der Waals surface area contributed by atoms with Crippen LogP contribution in [0.4, 0.5) is 0 Å². The lowest BCUT2D eigenvalue weighted by Crippen LogP contribution is -2.54. The van der Waals surface area contributed by atoms with Crippen LogP contribution < -0.4 is 0 Å². The number of fused-ring (bicyclic) bond motifs is 4. The summed E-state index contributed by atoms with van der Waals surface area (Å²) in [5.41, 5.74) is 2.12. The van der Waals surface area contributed by atoms with Gasteiger partial charge in [-0.05, 0) is 44.9 Å². The van der Waals surface area contributed by atoms with Crippen molar-refractivity contribution in [1.29, 1.82) is 0 Å². The third-order valence-corrected chi connectivity index (χ3v) is 6.33. The van der Waals surface area contributed by atoms with Crippen molar-refractivity contribution in [3.63, 3.8) is 0 Å².